The van der Waals surface area contributed by atoms with E-state index >= 15 is 0 Å². The molecule has 0 saturated carbocycles. The maximum absolute atomic E-state index is 14.7. The Balaban J connectivity index is 1.30. The van der Waals surface area contributed by atoms with Gasteiger partial charge in [0.05, 0.1) is 44.5 Å². The molecule has 11 heteroatoms. The first kappa shape index (κ1) is 32.9. The van der Waals surface area contributed by atoms with Crippen LogP contribution in [0.3, 0.4) is 0 Å². The summed E-state index contributed by atoms with van der Waals surface area (Å²) >= 11 is 0. The molecule has 3 heterocycles. The second-order valence-corrected chi connectivity index (χ2v) is 17.4. The molecule has 0 unspecified atom stereocenters. The largest absolute Gasteiger partial charge is 0.497 e. The van der Waals surface area contributed by atoms with Crippen molar-refractivity contribution in [1.82, 2.24) is 4.90 Å². The molecule has 3 aromatic rings. The fourth-order valence-electron chi connectivity index (χ4n) is 7.85. The number of methoxy groups -OCH3 is 1. The first-order chi connectivity index (χ1) is 22.5. The Morgan fingerprint density at radius 1 is 1.09 bits per heavy atom. The summed E-state index contributed by atoms with van der Waals surface area (Å²) in [4.78, 5) is 56.0. The minimum Gasteiger partial charge on any atom is -0.497 e. The van der Waals surface area contributed by atoms with Crippen molar-refractivity contribution in [2.24, 2.45) is 5.92 Å². The number of hydrogen-bond donors (Lipinski definition) is 3. The Hall–Kier alpha value is -4.03. The van der Waals surface area contributed by atoms with Crippen molar-refractivity contribution in [2.45, 2.75) is 69.1 Å². The highest BCUT2D eigenvalue weighted by atomic mass is 28.4. The van der Waals surface area contributed by atoms with Gasteiger partial charge in [0.25, 0.3) is 11.8 Å². The van der Waals surface area contributed by atoms with Gasteiger partial charge in [-0.15, -0.1) is 0 Å². The number of anilines is 2. The average Bonchev–Trinajstić information content (AvgIpc) is 3.72. The first-order valence-corrected chi connectivity index (χ1v) is 19.3. The molecule has 3 N–H and O–H groups in total. The molecule has 6 rings (SSSR count). The first-order valence-electron chi connectivity index (χ1n) is 16.2. The van der Waals surface area contributed by atoms with Crippen LogP contribution in [0.2, 0.25) is 18.6 Å². The van der Waals surface area contributed by atoms with Crippen LogP contribution in [0.5, 0.6) is 5.75 Å². The zero-order valence-corrected chi connectivity index (χ0v) is 28.3. The molecular formula is C36H43N3O7Si. The summed E-state index contributed by atoms with van der Waals surface area (Å²) in [5, 5.41) is 12.8. The van der Waals surface area contributed by atoms with Crippen molar-refractivity contribution >= 4 is 37.4 Å². The van der Waals surface area contributed by atoms with Crippen LogP contribution in [0.4, 0.5) is 11.4 Å². The summed E-state index contributed by atoms with van der Waals surface area (Å²) in [5.41, 5.74) is 1.57. The average molecular weight is 658 g/mol. The number of ether oxygens (including phenoxy) is 2. The number of benzene rings is 3. The second-order valence-electron chi connectivity index (χ2n) is 13.4. The topological polar surface area (TPSA) is 129 Å². The molecule has 0 radical (unpaired) electrons. The molecule has 3 amide bonds. The van der Waals surface area contributed by atoms with Gasteiger partial charge in [0.2, 0.25) is 5.91 Å². The van der Waals surface area contributed by atoms with Gasteiger partial charge in [0.1, 0.15) is 5.75 Å². The van der Waals surface area contributed by atoms with E-state index in [9.17, 15) is 24.3 Å². The molecule has 0 aliphatic carbocycles. The number of rotatable bonds is 9. The van der Waals surface area contributed by atoms with Crippen molar-refractivity contribution in [2.75, 3.05) is 30.5 Å². The number of likely N-dealkylation sites (tertiary alicyclic amines) is 1. The monoisotopic (exact) mass is 657 g/mol. The lowest BCUT2D eigenvalue weighted by atomic mass is 9.82. The molecule has 10 nitrogen and oxygen atoms in total. The molecule has 3 aliphatic rings. The Bertz CT molecular complexity index is 1640. The fourth-order valence-corrected chi connectivity index (χ4v) is 10.4. The highest BCUT2D eigenvalue weighted by Crippen LogP contribution is 2.60. The van der Waals surface area contributed by atoms with Gasteiger partial charge in [-0.2, -0.15) is 0 Å². The molecule has 3 aromatic carbocycles. The SMILES string of the molecule is COc1ccc2c(c1)[C@@]1(O[C@H](CC(=O)N3CCC[C@H]3CO)[C@@H]([Si](C)(C)O)[C@@H]1C)C(=O)N2Cc1ccc(NC(=O)c2ccccc2)cc1. The van der Waals surface area contributed by atoms with E-state index in [-0.39, 0.29) is 43.3 Å². The van der Waals surface area contributed by atoms with Crippen LogP contribution < -0.4 is 15.0 Å². The lowest BCUT2D eigenvalue weighted by Crippen LogP contribution is -2.46. The van der Waals surface area contributed by atoms with E-state index in [1.165, 1.54) is 0 Å². The number of hydrogen-bond acceptors (Lipinski definition) is 7. The summed E-state index contributed by atoms with van der Waals surface area (Å²) in [6, 6.07) is 21.6. The van der Waals surface area contributed by atoms with Crippen molar-refractivity contribution in [3.8, 4) is 5.75 Å². The minimum absolute atomic E-state index is 0.0208. The molecule has 1 spiro atoms. The van der Waals surface area contributed by atoms with E-state index in [0.29, 0.717) is 34.8 Å². The molecule has 0 aromatic heterocycles. The van der Waals surface area contributed by atoms with Crippen molar-refractivity contribution < 1.29 is 33.8 Å². The van der Waals surface area contributed by atoms with Gasteiger partial charge in [-0.1, -0.05) is 37.3 Å². The van der Waals surface area contributed by atoms with Gasteiger partial charge in [-0.25, -0.2) is 0 Å². The summed E-state index contributed by atoms with van der Waals surface area (Å²) in [6.07, 6.45) is 0.916. The Morgan fingerprint density at radius 2 is 1.81 bits per heavy atom. The number of aliphatic hydroxyl groups excluding tert-OH is 1. The van der Waals surface area contributed by atoms with Gasteiger partial charge in [-0.05, 0) is 74.0 Å². The van der Waals surface area contributed by atoms with E-state index in [4.69, 9.17) is 9.47 Å². The Morgan fingerprint density at radius 3 is 2.47 bits per heavy atom. The quantitative estimate of drug-likeness (QED) is 0.286. The Kier molecular flexibility index (Phi) is 9.01. The third-order valence-corrected chi connectivity index (χ3v) is 12.6. The van der Waals surface area contributed by atoms with Crippen molar-refractivity contribution in [1.29, 1.82) is 0 Å². The van der Waals surface area contributed by atoms with Crippen LogP contribution in [0.15, 0.2) is 72.8 Å². The molecule has 47 heavy (non-hydrogen) atoms. The van der Waals surface area contributed by atoms with E-state index in [1.807, 2.05) is 80.7 Å². The third kappa shape index (κ3) is 5.97. The van der Waals surface area contributed by atoms with Crippen LogP contribution in [-0.2, 0) is 26.5 Å². The molecule has 2 saturated heterocycles. The lowest BCUT2D eigenvalue weighted by Gasteiger charge is -2.32. The van der Waals surface area contributed by atoms with Gasteiger partial charge in [0, 0.05) is 34.8 Å². The summed E-state index contributed by atoms with van der Waals surface area (Å²) in [7, 11) is -1.40. The number of fused-ring (bicyclic) bond motifs is 2. The standard InChI is InChI=1S/C36H43N3O7Si/c1-23-33(47(3,4)44)31(20-32(41)38-18-8-11-27(38)22-40)46-36(23)29-19-28(45-2)16-17-30(29)39(35(36)43)21-24-12-14-26(15-13-24)37-34(42)25-9-6-5-7-10-25/h5-7,9-10,12-17,19,23,27,31,33,40,44H,8,11,18,20-22H2,1-4H3,(H,37,42)/t23-,27-,31+,33-,36+/m0/s1. The van der Waals surface area contributed by atoms with Crippen LogP contribution in [0, 0.1) is 5.92 Å². The fraction of sp³-hybridized carbons (Fsp3) is 0.417. The summed E-state index contributed by atoms with van der Waals surface area (Å²) in [6.45, 7) is 6.35. The summed E-state index contributed by atoms with van der Waals surface area (Å²) < 4.78 is 12.4. The van der Waals surface area contributed by atoms with Crippen LogP contribution in [0.25, 0.3) is 0 Å². The molecular weight excluding hydrogens is 614 g/mol. The third-order valence-electron chi connectivity index (χ3n) is 10.1. The molecule has 248 valence electrons. The molecule has 5 atom stereocenters. The van der Waals surface area contributed by atoms with Gasteiger partial charge in [0.15, 0.2) is 13.9 Å². The lowest BCUT2D eigenvalue weighted by molar-refractivity contribution is -0.150. The van der Waals surface area contributed by atoms with E-state index in [2.05, 4.69) is 5.32 Å². The van der Waals surface area contributed by atoms with Crippen molar-refractivity contribution in [3.63, 3.8) is 0 Å². The highest BCUT2D eigenvalue weighted by Gasteiger charge is 2.66. The maximum atomic E-state index is 14.7. The summed E-state index contributed by atoms with van der Waals surface area (Å²) in [5.74, 6) is -0.446. The number of amides is 3. The Labute approximate surface area is 276 Å². The van der Waals surface area contributed by atoms with Crippen LogP contribution in [0.1, 0.15) is 47.7 Å². The number of nitrogens with one attached hydrogen (secondary N) is 1. The number of aliphatic hydroxyl groups is 1. The minimum atomic E-state index is -2.97. The van der Waals surface area contributed by atoms with E-state index in [1.54, 1.807) is 29.0 Å². The number of carbonyl (C=O) groups excluding carboxylic acids is 3. The zero-order valence-electron chi connectivity index (χ0n) is 27.3. The zero-order chi connectivity index (χ0) is 33.5. The van der Waals surface area contributed by atoms with Gasteiger partial charge >= 0.3 is 0 Å². The maximum Gasteiger partial charge on any atom is 0.264 e. The van der Waals surface area contributed by atoms with E-state index < -0.39 is 31.5 Å². The predicted octanol–water partition coefficient (Wildman–Crippen LogP) is 4.67. The second kappa shape index (κ2) is 12.9. The molecule has 3 aliphatic heterocycles. The van der Waals surface area contributed by atoms with Crippen molar-refractivity contribution in [3.05, 3.63) is 89.5 Å². The normalized spacial score (nSPS) is 25.4. The number of nitrogens with zero attached hydrogens (tertiary/aromatic N) is 2. The van der Waals surface area contributed by atoms with Crippen LogP contribution >= 0.6 is 0 Å². The van der Waals surface area contributed by atoms with E-state index in [0.717, 1.165) is 18.4 Å². The highest BCUT2D eigenvalue weighted by molar-refractivity contribution is 6.71. The van der Waals surface area contributed by atoms with Crippen LogP contribution in [-0.4, -0.2) is 73.2 Å². The van der Waals surface area contributed by atoms with Gasteiger partial charge < -0.3 is 34.5 Å². The van der Waals surface area contributed by atoms with Gasteiger partial charge in [-0.3, -0.25) is 14.4 Å². The number of carbonyl (C=O) groups is 3. The smallest absolute Gasteiger partial charge is 0.264 e. The molecule has 0 bridgehead atoms. The molecule has 2 fully saturated rings. The predicted molar refractivity (Wildman–Crippen MR) is 181 cm³/mol.